The Morgan fingerprint density at radius 2 is 1.96 bits per heavy atom. The van der Waals surface area contributed by atoms with Gasteiger partial charge in [0.05, 0.1) is 35.2 Å². The molecule has 3 saturated heterocycles. The molecule has 3 fully saturated rings. The van der Waals surface area contributed by atoms with Crippen LogP contribution >= 0.6 is 11.6 Å². The zero-order valence-electron chi connectivity index (χ0n) is 28.5. The van der Waals surface area contributed by atoms with Gasteiger partial charge >= 0.3 is 0 Å². The van der Waals surface area contributed by atoms with Crippen molar-refractivity contribution >= 4 is 39.1 Å². The van der Waals surface area contributed by atoms with E-state index in [0.29, 0.717) is 55.7 Å². The highest BCUT2D eigenvalue weighted by Gasteiger charge is 2.54. The van der Waals surface area contributed by atoms with Crippen molar-refractivity contribution in [3.8, 4) is 5.75 Å². The van der Waals surface area contributed by atoms with Gasteiger partial charge in [0.1, 0.15) is 24.2 Å². The SMILES string of the molecule is C[C@@H]1[C@@H](C)C/C=C(\F)[C@H](C(=O)N2C[C@H]3C[C@@H]2CO3)N2CCC[C@@]23CN2CCCCc4cc(Cl)cc3c4COc3ccc(cc32)C(=O)NS1(=O)=O. The third kappa shape index (κ3) is 5.70. The number of ether oxygens (including phenoxy) is 2. The van der Waals surface area contributed by atoms with E-state index in [1.54, 1.807) is 30.0 Å². The zero-order valence-corrected chi connectivity index (χ0v) is 30.1. The Labute approximate surface area is 297 Å². The lowest BCUT2D eigenvalue weighted by Crippen LogP contribution is -2.60. The maximum atomic E-state index is 17.2. The van der Waals surface area contributed by atoms with Crippen LogP contribution in [0.3, 0.4) is 0 Å². The summed E-state index contributed by atoms with van der Waals surface area (Å²) in [5, 5.41) is -0.423. The highest BCUT2D eigenvalue weighted by molar-refractivity contribution is 7.90. The monoisotopic (exact) mass is 726 g/mol. The number of amides is 2. The van der Waals surface area contributed by atoms with E-state index in [4.69, 9.17) is 21.1 Å². The molecule has 6 atom stereocenters. The minimum absolute atomic E-state index is 0.0563. The van der Waals surface area contributed by atoms with Crippen molar-refractivity contribution in [2.24, 2.45) is 5.92 Å². The number of likely N-dealkylation sites (tertiary alicyclic amines) is 1. The van der Waals surface area contributed by atoms with E-state index >= 15 is 4.39 Å². The number of hydrogen-bond donors (Lipinski definition) is 1. The Balaban J connectivity index is 1.37. The fourth-order valence-electron chi connectivity index (χ4n) is 9.13. The van der Waals surface area contributed by atoms with Crippen molar-refractivity contribution in [1.29, 1.82) is 0 Å². The Bertz CT molecular complexity index is 1870. The first-order valence-corrected chi connectivity index (χ1v) is 19.8. The molecule has 6 heterocycles. The van der Waals surface area contributed by atoms with Crippen molar-refractivity contribution in [2.75, 3.05) is 37.7 Å². The summed E-state index contributed by atoms with van der Waals surface area (Å²) in [6.45, 7) is 5.79. The predicted octanol–water partition coefficient (Wildman–Crippen LogP) is 5.08. The molecule has 0 aliphatic carbocycles. The summed E-state index contributed by atoms with van der Waals surface area (Å²) >= 11 is 6.91. The van der Waals surface area contributed by atoms with Crippen LogP contribution in [0.4, 0.5) is 10.1 Å². The van der Waals surface area contributed by atoms with Gasteiger partial charge in [0.25, 0.3) is 5.91 Å². The topological polar surface area (TPSA) is 108 Å². The molecular formula is C37H44ClFN4O6S. The van der Waals surface area contributed by atoms with Gasteiger partial charge in [-0.05, 0) is 105 Å². The van der Waals surface area contributed by atoms with Crippen molar-refractivity contribution in [3.05, 3.63) is 69.5 Å². The number of carbonyl (C=O) groups excluding carboxylic acids is 2. The quantitative estimate of drug-likeness (QED) is 0.434. The maximum Gasteiger partial charge on any atom is 0.264 e. The Hall–Kier alpha value is -3.19. The van der Waals surface area contributed by atoms with E-state index in [9.17, 15) is 18.0 Å². The number of nitrogens with zero attached hydrogens (tertiary/aromatic N) is 3. The number of carbonyl (C=O) groups is 2. The third-order valence-electron chi connectivity index (χ3n) is 12.1. The van der Waals surface area contributed by atoms with Crippen LogP contribution in [0.25, 0.3) is 0 Å². The van der Waals surface area contributed by atoms with Crippen LogP contribution in [-0.4, -0.2) is 86.3 Å². The fraction of sp³-hybridized carbons (Fsp3) is 0.568. The summed E-state index contributed by atoms with van der Waals surface area (Å²) in [6.07, 6.45) is 6.01. The average molecular weight is 727 g/mol. The van der Waals surface area contributed by atoms with Gasteiger partial charge in [-0.1, -0.05) is 24.6 Å². The van der Waals surface area contributed by atoms with Crippen molar-refractivity contribution in [1.82, 2.24) is 14.5 Å². The molecular weight excluding hydrogens is 683 g/mol. The van der Waals surface area contributed by atoms with Crippen molar-refractivity contribution in [2.45, 2.75) is 94.4 Å². The van der Waals surface area contributed by atoms with E-state index in [2.05, 4.69) is 14.5 Å². The molecule has 1 N–H and O–H groups in total. The van der Waals surface area contributed by atoms with Gasteiger partial charge in [-0.25, -0.2) is 17.5 Å². The summed E-state index contributed by atoms with van der Waals surface area (Å²) < 4.78 is 58.9. The molecule has 10 nitrogen and oxygen atoms in total. The Morgan fingerprint density at radius 1 is 1.12 bits per heavy atom. The molecule has 2 aromatic rings. The second-order valence-corrected chi connectivity index (χ2v) is 17.5. The lowest BCUT2D eigenvalue weighted by molar-refractivity contribution is -0.142. The lowest BCUT2D eigenvalue weighted by atomic mass is 9.79. The second-order valence-electron chi connectivity index (χ2n) is 15.0. The highest BCUT2D eigenvalue weighted by Crippen LogP contribution is 2.49. The molecule has 1 spiro atoms. The number of hydrogen-bond acceptors (Lipinski definition) is 8. The van der Waals surface area contributed by atoms with Gasteiger partial charge in [0, 0.05) is 36.8 Å². The molecule has 0 saturated carbocycles. The number of anilines is 1. The number of aryl methyl sites for hydroxylation is 1. The first-order valence-electron chi connectivity index (χ1n) is 17.9. The number of allylic oxidation sites excluding steroid dienone is 1. The Kier molecular flexibility index (Phi) is 8.68. The van der Waals surface area contributed by atoms with Crippen LogP contribution in [-0.2, 0) is 38.1 Å². The molecule has 9 bridgehead atoms. The van der Waals surface area contributed by atoms with Crippen LogP contribution in [0, 0.1) is 5.92 Å². The molecule has 8 rings (SSSR count). The van der Waals surface area contributed by atoms with Gasteiger partial charge in [-0.2, -0.15) is 0 Å². The molecule has 6 aliphatic heterocycles. The van der Waals surface area contributed by atoms with Gasteiger partial charge in [0.2, 0.25) is 15.9 Å². The summed E-state index contributed by atoms with van der Waals surface area (Å²) in [7, 11) is -4.13. The lowest BCUT2D eigenvalue weighted by Gasteiger charge is -2.47. The minimum Gasteiger partial charge on any atom is -0.487 e. The number of nitrogens with one attached hydrogen (secondary N) is 1. The number of morpholine rings is 1. The van der Waals surface area contributed by atoms with Crippen LogP contribution in [0.5, 0.6) is 5.75 Å². The molecule has 0 unspecified atom stereocenters. The van der Waals surface area contributed by atoms with Crippen molar-refractivity contribution < 1.29 is 31.9 Å². The summed E-state index contributed by atoms with van der Waals surface area (Å²) in [5.74, 6) is -1.60. The maximum absolute atomic E-state index is 17.2. The number of rotatable bonds is 1. The molecule has 2 aromatic carbocycles. The first kappa shape index (κ1) is 33.9. The number of sulfonamides is 1. The van der Waals surface area contributed by atoms with Gasteiger partial charge in [-0.15, -0.1) is 0 Å². The number of fused-ring (bicyclic) bond motifs is 3. The zero-order chi connectivity index (χ0) is 34.9. The molecule has 0 radical (unpaired) electrons. The summed E-state index contributed by atoms with van der Waals surface area (Å²) in [4.78, 5) is 34.5. The fourth-order valence-corrected chi connectivity index (χ4v) is 10.7. The first-order chi connectivity index (χ1) is 23.9. The minimum atomic E-state index is -4.13. The molecule has 268 valence electrons. The average Bonchev–Trinajstić information content (AvgIpc) is 3.84. The number of benzene rings is 2. The summed E-state index contributed by atoms with van der Waals surface area (Å²) in [5.41, 5.74) is 3.04. The molecule has 50 heavy (non-hydrogen) atoms. The summed E-state index contributed by atoms with van der Waals surface area (Å²) in [6, 6.07) is 7.69. The van der Waals surface area contributed by atoms with E-state index < -0.39 is 44.5 Å². The van der Waals surface area contributed by atoms with E-state index in [1.165, 1.54) is 13.0 Å². The predicted molar refractivity (Wildman–Crippen MR) is 187 cm³/mol. The second kappa shape index (κ2) is 12.8. The molecule has 6 aliphatic rings. The van der Waals surface area contributed by atoms with E-state index in [0.717, 1.165) is 48.8 Å². The molecule has 0 aromatic heterocycles. The van der Waals surface area contributed by atoms with Gasteiger partial charge in [-0.3, -0.25) is 14.5 Å². The highest BCUT2D eigenvalue weighted by atomic mass is 35.5. The van der Waals surface area contributed by atoms with E-state index in [-0.39, 0.29) is 36.6 Å². The normalized spacial score (nSPS) is 33.3. The van der Waals surface area contributed by atoms with Crippen LogP contribution in [0.15, 0.2) is 42.2 Å². The van der Waals surface area contributed by atoms with Crippen LogP contribution < -0.4 is 14.4 Å². The van der Waals surface area contributed by atoms with Crippen LogP contribution in [0.1, 0.15) is 79.4 Å². The van der Waals surface area contributed by atoms with Crippen molar-refractivity contribution in [3.63, 3.8) is 0 Å². The molecule has 13 heteroatoms. The van der Waals surface area contributed by atoms with Gasteiger partial charge in [0.15, 0.2) is 0 Å². The molecule has 2 amide bonds. The smallest absolute Gasteiger partial charge is 0.264 e. The number of halogens is 2. The third-order valence-corrected chi connectivity index (χ3v) is 14.2. The van der Waals surface area contributed by atoms with Gasteiger partial charge < -0.3 is 19.3 Å². The van der Waals surface area contributed by atoms with E-state index in [1.807, 2.05) is 12.1 Å². The van der Waals surface area contributed by atoms with Crippen LogP contribution in [0.2, 0.25) is 5.02 Å². The standard InChI is InChI=1S/C37H44ClFN4O6S/c1-22-7-9-31(39)34(36(45)42-18-28-17-27(42)19-48-28)43-13-5-11-37(43)21-41-12-4-3-6-24-14-26(38)16-30(37)29(24)20-49-33-10-8-25(15-32(33)41)35(44)40-50(46,47)23(22)2/h8-10,14-16,22-23,27-28,34H,3-7,11-13,17-21H2,1-2H3,(H,40,44)/b31-9-/t22-,23+,27+,28+,34+,37-/m0/s1. The largest absolute Gasteiger partial charge is 0.487 e. The Morgan fingerprint density at radius 3 is 2.74 bits per heavy atom.